The lowest BCUT2D eigenvalue weighted by molar-refractivity contribution is -0.144. The minimum atomic E-state index is -0.871. The molecule has 3 rings (SSSR count). The Kier molecular flexibility index (Phi) is 2.84. The van der Waals surface area contributed by atoms with Crippen LogP contribution in [-0.4, -0.2) is 30.0 Å². The van der Waals surface area contributed by atoms with Crippen LogP contribution in [0.4, 0.5) is 0 Å². The van der Waals surface area contributed by atoms with Crippen LogP contribution in [0.25, 0.3) is 0 Å². The number of hydrogen-bond donors (Lipinski definition) is 1. The van der Waals surface area contributed by atoms with E-state index in [1.54, 1.807) is 17.8 Å². The fourth-order valence-corrected chi connectivity index (χ4v) is 3.72. The molecule has 0 aromatic heterocycles. The smallest absolute Gasteiger partial charge is 0.336 e. The van der Waals surface area contributed by atoms with Crippen molar-refractivity contribution in [1.82, 2.24) is 0 Å². The molecule has 0 radical (unpaired) electrons. The monoisotopic (exact) mass is 266 g/mol. The van der Waals surface area contributed by atoms with Crippen LogP contribution in [0.15, 0.2) is 17.0 Å². The predicted molar refractivity (Wildman–Crippen MR) is 67.1 cm³/mol. The maximum Gasteiger partial charge on any atom is 0.336 e. The van der Waals surface area contributed by atoms with Crippen LogP contribution in [-0.2, 0) is 21.7 Å². The van der Waals surface area contributed by atoms with E-state index in [2.05, 4.69) is 0 Å². The van der Waals surface area contributed by atoms with E-state index >= 15 is 0 Å². The fourth-order valence-electron chi connectivity index (χ4n) is 2.48. The first-order valence-electron chi connectivity index (χ1n) is 5.98. The van der Waals surface area contributed by atoms with Crippen molar-refractivity contribution in [3.8, 4) is 0 Å². The Morgan fingerprint density at radius 1 is 1.44 bits per heavy atom. The zero-order chi connectivity index (χ0) is 12.8. The molecule has 2 aliphatic heterocycles. The van der Waals surface area contributed by atoms with E-state index in [1.807, 2.05) is 13.0 Å². The van der Waals surface area contributed by atoms with Crippen molar-refractivity contribution in [3.05, 3.63) is 28.8 Å². The highest BCUT2D eigenvalue weighted by atomic mass is 32.2. The number of aryl methyl sites for hydroxylation is 1. The third-order valence-electron chi connectivity index (χ3n) is 3.40. The van der Waals surface area contributed by atoms with Gasteiger partial charge in [-0.15, -0.1) is 11.8 Å². The van der Waals surface area contributed by atoms with E-state index < -0.39 is 11.8 Å². The molecule has 5 heteroatoms. The fraction of sp³-hybridized carbons (Fsp3) is 0.462. The molecule has 1 saturated heterocycles. The summed E-state index contributed by atoms with van der Waals surface area (Å²) in [5.41, 5.74) is 2.22. The van der Waals surface area contributed by atoms with Gasteiger partial charge in [0.25, 0.3) is 0 Å². The van der Waals surface area contributed by atoms with Crippen LogP contribution in [0.3, 0.4) is 0 Å². The highest BCUT2D eigenvalue weighted by Crippen LogP contribution is 2.48. The Morgan fingerprint density at radius 3 is 2.78 bits per heavy atom. The second kappa shape index (κ2) is 4.26. The summed E-state index contributed by atoms with van der Waals surface area (Å²) in [6.07, 6.45) is 0.690. The quantitative estimate of drug-likeness (QED) is 0.889. The molecule has 4 nitrogen and oxygen atoms in total. The van der Waals surface area contributed by atoms with Crippen molar-refractivity contribution in [2.24, 2.45) is 0 Å². The molecule has 1 aromatic rings. The van der Waals surface area contributed by atoms with E-state index in [1.165, 1.54) is 0 Å². The van der Waals surface area contributed by atoms with Gasteiger partial charge in [-0.2, -0.15) is 0 Å². The molecular weight excluding hydrogens is 252 g/mol. The summed E-state index contributed by atoms with van der Waals surface area (Å²) in [5.74, 6) is -0.806. The van der Waals surface area contributed by atoms with Crippen molar-refractivity contribution in [3.63, 3.8) is 0 Å². The summed E-state index contributed by atoms with van der Waals surface area (Å²) in [4.78, 5) is 12.2. The molecule has 0 unspecified atom stereocenters. The van der Waals surface area contributed by atoms with Crippen molar-refractivity contribution >= 4 is 17.7 Å². The maximum absolute atomic E-state index is 11.2. The number of carbonyl (C=O) groups is 1. The molecular formula is C13H14O4S. The van der Waals surface area contributed by atoms with E-state index in [0.29, 0.717) is 31.0 Å². The summed E-state index contributed by atoms with van der Waals surface area (Å²) in [7, 11) is 0. The number of benzene rings is 1. The Balaban J connectivity index is 2.12. The molecule has 0 saturated carbocycles. The normalized spacial score (nSPS) is 20.3. The highest BCUT2D eigenvalue weighted by molar-refractivity contribution is 7.99. The van der Waals surface area contributed by atoms with Crippen molar-refractivity contribution in [2.75, 3.05) is 19.0 Å². The van der Waals surface area contributed by atoms with Crippen LogP contribution in [0.1, 0.15) is 28.4 Å². The van der Waals surface area contributed by atoms with Gasteiger partial charge in [-0.05, 0) is 24.1 Å². The molecule has 0 aliphatic carbocycles. The molecule has 1 N–H and O–H groups in total. The number of thioether (sulfide) groups is 1. The zero-order valence-corrected chi connectivity index (χ0v) is 10.9. The summed E-state index contributed by atoms with van der Waals surface area (Å²) in [5, 5.41) is 9.21. The molecule has 96 valence electrons. The van der Waals surface area contributed by atoms with E-state index in [9.17, 15) is 9.90 Å². The van der Waals surface area contributed by atoms with Gasteiger partial charge in [-0.1, -0.05) is 6.92 Å². The number of ether oxygens (including phenoxy) is 2. The number of carboxylic acid groups (broad SMARTS) is 1. The van der Waals surface area contributed by atoms with E-state index in [0.717, 1.165) is 16.0 Å². The number of aromatic carboxylic acids is 1. The van der Waals surface area contributed by atoms with Gasteiger partial charge in [-0.25, -0.2) is 4.79 Å². The van der Waals surface area contributed by atoms with E-state index in [4.69, 9.17) is 9.47 Å². The Hall–Kier alpha value is -1.04. The molecule has 2 aliphatic rings. The molecule has 0 amide bonds. The van der Waals surface area contributed by atoms with Crippen LogP contribution < -0.4 is 0 Å². The summed E-state index contributed by atoms with van der Waals surface area (Å²) < 4.78 is 11.5. The summed E-state index contributed by atoms with van der Waals surface area (Å²) >= 11 is 1.60. The van der Waals surface area contributed by atoms with Crippen molar-refractivity contribution in [1.29, 1.82) is 0 Å². The Morgan fingerprint density at radius 2 is 2.17 bits per heavy atom. The first-order valence-corrected chi connectivity index (χ1v) is 6.96. The number of hydrogen-bond acceptors (Lipinski definition) is 4. The van der Waals surface area contributed by atoms with Crippen LogP contribution >= 0.6 is 11.8 Å². The molecule has 1 spiro atoms. The molecule has 1 fully saturated rings. The van der Waals surface area contributed by atoms with Gasteiger partial charge in [0.15, 0.2) is 0 Å². The van der Waals surface area contributed by atoms with Crippen LogP contribution in [0.2, 0.25) is 0 Å². The van der Waals surface area contributed by atoms with Gasteiger partial charge < -0.3 is 14.6 Å². The number of carboxylic acids is 1. The summed E-state index contributed by atoms with van der Waals surface area (Å²) in [6, 6.07) is 3.69. The van der Waals surface area contributed by atoms with Gasteiger partial charge >= 0.3 is 5.97 Å². The largest absolute Gasteiger partial charge is 0.478 e. The number of fused-ring (bicyclic) bond motifs is 2. The molecule has 0 atom stereocenters. The predicted octanol–water partition coefficient (Wildman–Crippen LogP) is 2.25. The Labute approximate surface area is 109 Å². The SMILES string of the molecule is CCc1cc2c(cc1C(=O)O)SCC21OCCO1. The lowest BCUT2D eigenvalue weighted by Gasteiger charge is -2.22. The number of rotatable bonds is 2. The topological polar surface area (TPSA) is 55.8 Å². The van der Waals surface area contributed by atoms with Gasteiger partial charge in [0, 0.05) is 10.5 Å². The zero-order valence-electron chi connectivity index (χ0n) is 10.1. The third kappa shape index (κ3) is 1.66. The maximum atomic E-state index is 11.2. The van der Waals surface area contributed by atoms with Crippen LogP contribution in [0.5, 0.6) is 0 Å². The van der Waals surface area contributed by atoms with Gasteiger partial charge in [0.1, 0.15) is 0 Å². The van der Waals surface area contributed by atoms with Crippen molar-refractivity contribution in [2.45, 2.75) is 24.0 Å². The molecule has 0 bridgehead atoms. The first-order chi connectivity index (χ1) is 8.66. The highest BCUT2D eigenvalue weighted by Gasteiger charge is 2.45. The third-order valence-corrected chi connectivity index (χ3v) is 4.57. The lowest BCUT2D eigenvalue weighted by Crippen LogP contribution is -2.27. The Bertz CT molecular complexity index is 506. The average molecular weight is 266 g/mol. The molecule has 2 heterocycles. The van der Waals surface area contributed by atoms with Gasteiger partial charge in [0.2, 0.25) is 5.79 Å². The first kappa shape index (κ1) is 12.0. The average Bonchev–Trinajstić information content (AvgIpc) is 2.97. The lowest BCUT2D eigenvalue weighted by atomic mass is 9.98. The molecule has 18 heavy (non-hydrogen) atoms. The van der Waals surface area contributed by atoms with Gasteiger partial charge in [0.05, 0.1) is 24.5 Å². The van der Waals surface area contributed by atoms with Crippen LogP contribution in [0, 0.1) is 0 Å². The molecule has 1 aromatic carbocycles. The second-order valence-corrected chi connectivity index (χ2v) is 5.42. The van der Waals surface area contributed by atoms with Gasteiger partial charge in [-0.3, -0.25) is 0 Å². The minimum Gasteiger partial charge on any atom is -0.478 e. The van der Waals surface area contributed by atoms with E-state index in [-0.39, 0.29) is 0 Å². The second-order valence-electron chi connectivity index (χ2n) is 4.40. The standard InChI is InChI=1S/C13H14O4S/c1-2-8-5-10-11(6-9(8)12(14)15)18-7-13(10)16-3-4-17-13/h5-6H,2-4,7H2,1H3,(H,14,15). The summed E-state index contributed by atoms with van der Waals surface area (Å²) in [6.45, 7) is 3.16. The van der Waals surface area contributed by atoms with Crippen molar-refractivity contribution < 1.29 is 19.4 Å². The minimum absolute atomic E-state index is 0.388.